The zero-order valence-electron chi connectivity index (χ0n) is 10.7. The zero-order chi connectivity index (χ0) is 13.4. The van der Waals surface area contributed by atoms with Crippen molar-refractivity contribution in [2.75, 3.05) is 0 Å². The fraction of sp³-hybridized carbons (Fsp3) is 0.643. The molecule has 3 nitrogen and oxygen atoms in total. The maximum atomic E-state index is 10.8. The van der Waals surface area contributed by atoms with Gasteiger partial charge < -0.3 is 5.11 Å². The number of thiophene rings is 1. The highest BCUT2D eigenvalue weighted by Gasteiger charge is 2.40. The van der Waals surface area contributed by atoms with E-state index in [2.05, 4.69) is 11.0 Å². The minimum atomic E-state index is -0.650. The van der Waals surface area contributed by atoms with Gasteiger partial charge in [-0.05, 0) is 43.7 Å². The average Bonchev–Trinajstić information content (AvgIpc) is 2.82. The molecule has 5 heteroatoms. The van der Waals surface area contributed by atoms with Gasteiger partial charge in [0.15, 0.2) is 0 Å². The van der Waals surface area contributed by atoms with Gasteiger partial charge in [0.1, 0.15) is 0 Å². The predicted molar refractivity (Wildman–Crippen MR) is 76.7 cm³/mol. The average molecular weight is 300 g/mol. The first kappa shape index (κ1) is 13.4. The first-order chi connectivity index (χ1) is 9.11. The van der Waals surface area contributed by atoms with Crippen LogP contribution in [0.1, 0.15) is 37.0 Å². The van der Waals surface area contributed by atoms with E-state index in [1.165, 1.54) is 17.7 Å². The lowest BCUT2D eigenvalue weighted by Crippen LogP contribution is -2.42. The fourth-order valence-corrected chi connectivity index (χ4v) is 4.77. The second kappa shape index (κ2) is 5.43. The molecule has 2 unspecified atom stereocenters. The topological polar surface area (TPSA) is 40.5 Å². The molecule has 104 valence electrons. The maximum absolute atomic E-state index is 10.8. The number of hydrogen-bond donors (Lipinski definition) is 1. The SMILES string of the molecule is O=C(O)CC1CC2CCC(C1)N2Cc1ccc(Cl)s1. The van der Waals surface area contributed by atoms with Crippen LogP contribution in [0.5, 0.6) is 0 Å². The van der Waals surface area contributed by atoms with Gasteiger partial charge in [0.25, 0.3) is 0 Å². The van der Waals surface area contributed by atoms with Crippen molar-refractivity contribution in [2.45, 2.75) is 50.7 Å². The third-order valence-corrected chi connectivity index (χ3v) is 5.63. The summed E-state index contributed by atoms with van der Waals surface area (Å²) in [6.07, 6.45) is 4.87. The van der Waals surface area contributed by atoms with Gasteiger partial charge in [0, 0.05) is 29.9 Å². The Morgan fingerprint density at radius 1 is 1.37 bits per heavy atom. The Kier molecular flexibility index (Phi) is 3.83. The second-order valence-electron chi connectivity index (χ2n) is 5.70. The van der Waals surface area contributed by atoms with Crippen molar-refractivity contribution in [1.82, 2.24) is 4.90 Å². The quantitative estimate of drug-likeness (QED) is 0.923. The van der Waals surface area contributed by atoms with Crippen molar-refractivity contribution in [1.29, 1.82) is 0 Å². The minimum Gasteiger partial charge on any atom is -0.481 e. The van der Waals surface area contributed by atoms with E-state index in [1.54, 1.807) is 11.3 Å². The number of carbonyl (C=O) groups is 1. The summed E-state index contributed by atoms with van der Waals surface area (Å²) in [6, 6.07) is 5.21. The van der Waals surface area contributed by atoms with E-state index in [0.717, 1.165) is 23.7 Å². The van der Waals surface area contributed by atoms with Crippen molar-refractivity contribution in [3.63, 3.8) is 0 Å². The number of carboxylic acid groups (broad SMARTS) is 1. The number of rotatable bonds is 4. The summed E-state index contributed by atoms with van der Waals surface area (Å²) in [7, 11) is 0. The Morgan fingerprint density at radius 2 is 2.05 bits per heavy atom. The standard InChI is InChI=1S/C14H18ClNO2S/c15-13-4-3-12(19-13)8-16-10-1-2-11(16)6-9(5-10)7-14(17)18/h3-4,9-11H,1-2,5-8H2,(H,17,18). The Morgan fingerprint density at radius 3 is 2.58 bits per heavy atom. The summed E-state index contributed by atoms with van der Waals surface area (Å²) >= 11 is 7.64. The first-order valence-electron chi connectivity index (χ1n) is 6.83. The first-order valence-corrected chi connectivity index (χ1v) is 8.03. The molecule has 1 N–H and O–H groups in total. The normalized spacial score (nSPS) is 30.7. The number of nitrogens with zero attached hydrogens (tertiary/aromatic N) is 1. The summed E-state index contributed by atoms with van der Waals surface area (Å²) < 4.78 is 0.850. The van der Waals surface area contributed by atoms with Crippen LogP contribution in [0.15, 0.2) is 12.1 Å². The monoisotopic (exact) mass is 299 g/mol. The predicted octanol–water partition coefficient (Wildman–Crippen LogP) is 3.62. The summed E-state index contributed by atoms with van der Waals surface area (Å²) in [6.45, 7) is 0.979. The summed E-state index contributed by atoms with van der Waals surface area (Å²) in [5.41, 5.74) is 0. The molecule has 2 saturated heterocycles. The van der Waals surface area contributed by atoms with Crippen molar-refractivity contribution in [2.24, 2.45) is 5.92 Å². The minimum absolute atomic E-state index is 0.339. The molecular weight excluding hydrogens is 282 g/mol. The lowest BCUT2D eigenvalue weighted by atomic mass is 9.88. The largest absolute Gasteiger partial charge is 0.481 e. The van der Waals surface area contributed by atoms with Crippen LogP contribution in [0.3, 0.4) is 0 Å². The lowest BCUT2D eigenvalue weighted by molar-refractivity contribution is -0.138. The highest BCUT2D eigenvalue weighted by atomic mass is 35.5. The molecule has 2 fully saturated rings. The zero-order valence-corrected chi connectivity index (χ0v) is 12.3. The third kappa shape index (κ3) is 2.96. The molecule has 0 aliphatic carbocycles. The van der Waals surface area contributed by atoms with Gasteiger partial charge in [-0.3, -0.25) is 9.69 Å². The number of halogens is 1. The molecule has 2 aliphatic heterocycles. The Bertz CT molecular complexity index is 462. The summed E-state index contributed by atoms with van der Waals surface area (Å²) in [5.74, 6) is -0.277. The Hall–Kier alpha value is -0.580. The molecule has 0 radical (unpaired) electrons. The maximum Gasteiger partial charge on any atom is 0.303 e. The molecule has 3 rings (SSSR count). The molecule has 2 atom stereocenters. The van der Waals surface area contributed by atoms with Gasteiger partial charge in [-0.1, -0.05) is 11.6 Å². The van der Waals surface area contributed by atoms with Gasteiger partial charge in [-0.25, -0.2) is 0 Å². The number of fused-ring (bicyclic) bond motifs is 2. The molecule has 1 aromatic rings. The van der Waals surface area contributed by atoms with Crippen LogP contribution in [-0.2, 0) is 11.3 Å². The number of carboxylic acids is 1. The van der Waals surface area contributed by atoms with Crippen molar-refractivity contribution >= 4 is 28.9 Å². The van der Waals surface area contributed by atoms with Crippen molar-refractivity contribution in [3.05, 3.63) is 21.3 Å². The van der Waals surface area contributed by atoms with Crippen LogP contribution < -0.4 is 0 Å². The van der Waals surface area contributed by atoms with Gasteiger partial charge in [0.2, 0.25) is 0 Å². The highest BCUT2D eigenvalue weighted by Crippen LogP contribution is 2.41. The number of hydrogen-bond acceptors (Lipinski definition) is 3. The summed E-state index contributed by atoms with van der Waals surface area (Å²) in [5, 5.41) is 8.94. The smallest absolute Gasteiger partial charge is 0.303 e. The molecular formula is C14H18ClNO2S. The Labute approximate surface area is 122 Å². The van der Waals surface area contributed by atoms with Gasteiger partial charge in [0.05, 0.1) is 4.34 Å². The fourth-order valence-electron chi connectivity index (χ4n) is 3.68. The molecule has 0 amide bonds. The van der Waals surface area contributed by atoms with E-state index < -0.39 is 5.97 Å². The van der Waals surface area contributed by atoms with Crippen LogP contribution in [0.4, 0.5) is 0 Å². The molecule has 2 bridgehead atoms. The van der Waals surface area contributed by atoms with Crippen LogP contribution in [-0.4, -0.2) is 28.1 Å². The number of aliphatic carboxylic acids is 1. The van der Waals surface area contributed by atoms with Crippen molar-refractivity contribution < 1.29 is 9.90 Å². The van der Waals surface area contributed by atoms with Gasteiger partial charge in [-0.2, -0.15) is 0 Å². The van der Waals surface area contributed by atoms with E-state index in [9.17, 15) is 4.79 Å². The van der Waals surface area contributed by atoms with E-state index in [-0.39, 0.29) is 0 Å². The van der Waals surface area contributed by atoms with Crippen LogP contribution in [0, 0.1) is 5.92 Å². The highest BCUT2D eigenvalue weighted by molar-refractivity contribution is 7.16. The Balaban J connectivity index is 1.64. The van der Waals surface area contributed by atoms with E-state index in [1.807, 2.05) is 6.07 Å². The second-order valence-corrected chi connectivity index (χ2v) is 7.50. The van der Waals surface area contributed by atoms with Crippen LogP contribution >= 0.6 is 22.9 Å². The molecule has 0 aromatic carbocycles. The van der Waals surface area contributed by atoms with E-state index >= 15 is 0 Å². The van der Waals surface area contributed by atoms with Crippen LogP contribution in [0.2, 0.25) is 4.34 Å². The van der Waals surface area contributed by atoms with Gasteiger partial charge >= 0.3 is 5.97 Å². The molecule has 2 aliphatic rings. The number of piperidine rings is 1. The molecule has 19 heavy (non-hydrogen) atoms. The molecule has 1 aromatic heterocycles. The van der Waals surface area contributed by atoms with Gasteiger partial charge in [-0.15, -0.1) is 11.3 Å². The van der Waals surface area contributed by atoms with Crippen LogP contribution in [0.25, 0.3) is 0 Å². The third-order valence-electron chi connectivity index (χ3n) is 4.41. The van der Waals surface area contributed by atoms with E-state index in [4.69, 9.17) is 16.7 Å². The molecule has 0 spiro atoms. The van der Waals surface area contributed by atoms with E-state index in [0.29, 0.717) is 24.4 Å². The molecule has 0 saturated carbocycles. The lowest BCUT2D eigenvalue weighted by Gasteiger charge is -2.38. The summed E-state index contributed by atoms with van der Waals surface area (Å²) in [4.78, 5) is 14.7. The molecule has 3 heterocycles. The van der Waals surface area contributed by atoms with Crippen molar-refractivity contribution in [3.8, 4) is 0 Å².